The van der Waals surface area contributed by atoms with Crippen molar-refractivity contribution in [3.8, 4) is 0 Å². The van der Waals surface area contributed by atoms with Crippen molar-refractivity contribution in [2.75, 3.05) is 25.0 Å². The van der Waals surface area contributed by atoms with E-state index in [1.165, 1.54) is 24.2 Å². The van der Waals surface area contributed by atoms with E-state index in [-0.39, 0.29) is 18.0 Å². The van der Waals surface area contributed by atoms with Crippen molar-refractivity contribution in [3.05, 3.63) is 29.8 Å². The Morgan fingerprint density at radius 3 is 2.36 bits per heavy atom. The zero-order valence-electron chi connectivity index (χ0n) is 13.4. The Morgan fingerprint density at radius 2 is 1.77 bits per heavy atom. The summed E-state index contributed by atoms with van der Waals surface area (Å²) >= 11 is 0. The van der Waals surface area contributed by atoms with Crippen LogP contribution in [-0.4, -0.2) is 37.6 Å². The van der Waals surface area contributed by atoms with Crippen molar-refractivity contribution in [2.24, 2.45) is 0 Å². The summed E-state index contributed by atoms with van der Waals surface area (Å²) in [5.74, 6) is -0.319. The summed E-state index contributed by atoms with van der Waals surface area (Å²) in [5.41, 5.74) is 1.20. The highest BCUT2D eigenvalue weighted by Gasteiger charge is 2.17. The van der Waals surface area contributed by atoms with Crippen LogP contribution >= 0.6 is 0 Å². The third kappa shape index (κ3) is 5.15. The fourth-order valence-electron chi connectivity index (χ4n) is 2.63. The summed E-state index contributed by atoms with van der Waals surface area (Å²) < 4.78 is 5.13. The molecule has 1 fully saturated rings. The first-order valence-corrected chi connectivity index (χ1v) is 7.99. The molecular formula is C17H25N2O3+. The summed E-state index contributed by atoms with van der Waals surface area (Å²) in [7, 11) is 0. The number of amides is 1. The number of hydrogen-bond donors (Lipinski definition) is 2. The van der Waals surface area contributed by atoms with Crippen LogP contribution in [0.25, 0.3) is 0 Å². The predicted octanol–water partition coefficient (Wildman–Crippen LogP) is 1.26. The first-order valence-electron chi connectivity index (χ1n) is 7.99. The van der Waals surface area contributed by atoms with Gasteiger partial charge >= 0.3 is 5.97 Å². The van der Waals surface area contributed by atoms with Crippen LogP contribution in [0.15, 0.2) is 24.3 Å². The molecule has 0 aromatic heterocycles. The van der Waals surface area contributed by atoms with E-state index in [9.17, 15) is 9.59 Å². The van der Waals surface area contributed by atoms with Gasteiger partial charge in [-0.2, -0.15) is 0 Å². The molecule has 22 heavy (non-hydrogen) atoms. The lowest BCUT2D eigenvalue weighted by Gasteiger charge is -2.22. The minimum Gasteiger partial charge on any atom is -0.459 e. The van der Waals surface area contributed by atoms with Crippen molar-refractivity contribution in [3.63, 3.8) is 0 Å². The zero-order chi connectivity index (χ0) is 15.9. The summed E-state index contributed by atoms with van der Waals surface area (Å²) in [6, 6.07) is 6.82. The van der Waals surface area contributed by atoms with Crippen LogP contribution < -0.4 is 10.2 Å². The van der Waals surface area contributed by atoms with Crippen LogP contribution in [-0.2, 0) is 9.53 Å². The average Bonchev–Trinajstić information content (AvgIpc) is 2.48. The fourth-order valence-corrected chi connectivity index (χ4v) is 2.63. The second-order valence-electron chi connectivity index (χ2n) is 6.07. The van der Waals surface area contributed by atoms with Crippen molar-refractivity contribution >= 4 is 17.6 Å². The lowest BCUT2D eigenvalue weighted by Crippen LogP contribution is -3.13. The Bertz CT molecular complexity index is 505. The minimum absolute atomic E-state index is 0.0226. The molecule has 120 valence electrons. The average molecular weight is 305 g/mol. The largest absolute Gasteiger partial charge is 0.459 e. The quantitative estimate of drug-likeness (QED) is 0.805. The summed E-state index contributed by atoms with van der Waals surface area (Å²) in [5, 5.41) is 2.88. The molecular weight excluding hydrogens is 280 g/mol. The van der Waals surface area contributed by atoms with Gasteiger partial charge in [-0.25, -0.2) is 4.79 Å². The minimum atomic E-state index is -0.342. The molecule has 0 radical (unpaired) electrons. The lowest BCUT2D eigenvalue weighted by atomic mass is 10.1. The maximum absolute atomic E-state index is 12.0. The summed E-state index contributed by atoms with van der Waals surface area (Å²) in [4.78, 5) is 25.1. The number of quaternary nitrogens is 1. The highest BCUT2D eigenvalue weighted by atomic mass is 16.5. The second-order valence-corrected chi connectivity index (χ2v) is 6.07. The molecule has 0 bridgehead atoms. The van der Waals surface area contributed by atoms with Crippen LogP contribution in [0, 0.1) is 0 Å². The van der Waals surface area contributed by atoms with E-state index in [0.717, 1.165) is 13.1 Å². The van der Waals surface area contributed by atoms with Crippen LogP contribution in [0.1, 0.15) is 43.5 Å². The molecule has 1 aliphatic heterocycles. The van der Waals surface area contributed by atoms with Gasteiger partial charge in [0.05, 0.1) is 24.8 Å². The number of hydrogen-bond acceptors (Lipinski definition) is 3. The van der Waals surface area contributed by atoms with Gasteiger partial charge in [-0.05, 0) is 57.4 Å². The zero-order valence-corrected chi connectivity index (χ0v) is 13.4. The molecule has 1 heterocycles. The van der Waals surface area contributed by atoms with Crippen LogP contribution in [0.3, 0.4) is 0 Å². The standard InChI is InChI=1S/C17H24N2O3/c1-13(2)22-17(21)14-6-8-15(9-7-14)18-16(20)12-19-10-4-3-5-11-19/h6-9,13H,3-5,10-12H2,1-2H3,(H,18,20)/p+1. The number of esters is 1. The van der Waals surface area contributed by atoms with Gasteiger partial charge in [0.25, 0.3) is 5.91 Å². The van der Waals surface area contributed by atoms with Gasteiger partial charge in [0.2, 0.25) is 0 Å². The van der Waals surface area contributed by atoms with Crippen LogP contribution in [0.4, 0.5) is 5.69 Å². The molecule has 5 heteroatoms. The molecule has 0 saturated carbocycles. The monoisotopic (exact) mass is 305 g/mol. The number of piperidine rings is 1. The number of ether oxygens (including phenoxy) is 1. The van der Waals surface area contributed by atoms with Gasteiger partial charge in [0.15, 0.2) is 6.54 Å². The molecule has 5 nitrogen and oxygen atoms in total. The molecule has 1 aromatic rings. The molecule has 2 N–H and O–H groups in total. The number of benzene rings is 1. The van der Waals surface area contributed by atoms with E-state index in [1.54, 1.807) is 24.3 Å². The van der Waals surface area contributed by atoms with Gasteiger partial charge < -0.3 is 15.0 Å². The van der Waals surface area contributed by atoms with E-state index in [4.69, 9.17) is 4.74 Å². The van der Waals surface area contributed by atoms with Crippen molar-refractivity contribution in [1.29, 1.82) is 0 Å². The fraction of sp³-hybridized carbons (Fsp3) is 0.529. The number of nitrogens with one attached hydrogen (secondary N) is 2. The van der Waals surface area contributed by atoms with E-state index in [2.05, 4.69) is 5.32 Å². The summed E-state index contributed by atoms with van der Waals surface area (Å²) in [6.07, 6.45) is 3.54. The van der Waals surface area contributed by atoms with Crippen molar-refractivity contribution in [2.45, 2.75) is 39.2 Å². The van der Waals surface area contributed by atoms with Crippen molar-refractivity contribution in [1.82, 2.24) is 0 Å². The lowest BCUT2D eigenvalue weighted by molar-refractivity contribution is -0.896. The molecule has 1 aromatic carbocycles. The Hall–Kier alpha value is -1.88. The van der Waals surface area contributed by atoms with E-state index < -0.39 is 0 Å². The smallest absolute Gasteiger partial charge is 0.338 e. The molecule has 0 unspecified atom stereocenters. The third-order valence-electron chi connectivity index (χ3n) is 3.72. The van der Waals surface area contributed by atoms with E-state index >= 15 is 0 Å². The number of anilines is 1. The van der Waals surface area contributed by atoms with Crippen molar-refractivity contribution < 1.29 is 19.2 Å². The van der Waals surface area contributed by atoms with E-state index in [1.807, 2.05) is 13.8 Å². The Kier molecular flexibility index (Phi) is 5.95. The maximum Gasteiger partial charge on any atom is 0.338 e. The molecule has 1 aliphatic rings. The molecule has 1 amide bonds. The topological polar surface area (TPSA) is 59.8 Å². The highest BCUT2D eigenvalue weighted by Crippen LogP contribution is 2.11. The Labute approximate surface area is 131 Å². The van der Waals surface area contributed by atoms with E-state index in [0.29, 0.717) is 17.8 Å². The second kappa shape index (κ2) is 7.94. The number of carbonyl (C=O) groups excluding carboxylic acids is 2. The van der Waals surface area contributed by atoms with Gasteiger partial charge in [-0.3, -0.25) is 4.79 Å². The highest BCUT2D eigenvalue weighted by molar-refractivity contribution is 5.93. The van der Waals surface area contributed by atoms with Gasteiger partial charge in [-0.15, -0.1) is 0 Å². The Balaban J connectivity index is 1.85. The predicted molar refractivity (Wildman–Crippen MR) is 85.0 cm³/mol. The van der Waals surface area contributed by atoms with Gasteiger partial charge in [0.1, 0.15) is 0 Å². The molecule has 0 spiro atoms. The van der Waals surface area contributed by atoms with Gasteiger partial charge in [0, 0.05) is 5.69 Å². The van der Waals surface area contributed by atoms with Gasteiger partial charge in [-0.1, -0.05) is 0 Å². The van der Waals surface area contributed by atoms with Crippen LogP contribution in [0.5, 0.6) is 0 Å². The normalized spacial score (nSPS) is 15.6. The number of likely N-dealkylation sites (tertiary alicyclic amines) is 1. The number of rotatable bonds is 5. The first kappa shape index (κ1) is 16.5. The third-order valence-corrected chi connectivity index (χ3v) is 3.72. The number of carbonyl (C=O) groups is 2. The Morgan fingerprint density at radius 1 is 1.14 bits per heavy atom. The first-order chi connectivity index (χ1) is 10.5. The summed E-state index contributed by atoms with van der Waals surface area (Å²) in [6.45, 7) is 6.29. The SMILES string of the molecule is CC(C)OC(=O)c1ccc(NC(=O)C[NH+]2CCCCC2)cc1. The molecule has 0 aliphatic carbocycles. The molecule has 2 rings (SSSR count). The maximum atomic E-state index is 12.0. The molecule has 0 atom stereocenters. The van der Waals surface area contributed by atoms with Crippen LogP contribution in [0.2, 0.25) is 0 Å². The molecule has 1 saturated heterocycles.